The van der Waals surface area contributed by atoms with Gasteiger partial charge in [-0.25, -0.2) is 4.98 Å². The molecule has 0 bridgehead atoms. The summed E-state index contributed by atoms with van der Waals surface area (Å²) in [6.45, 7) is 0.136. The number of carbonyl (C=O) groups excluding carboxylic acids is 1. The molecule has 0 spiro atoms. The summed E-state index contributed by atoms with van der Waals surface area (Å²) in [5.41, 5.74) is 0.485. The van der Waals surface area contributed by atoms with Gasteiger partial charge in [0.25, 0.3) is 5.91 Å². The maximum Gasteiger partial charge on any atom is 0.401 e. The molecule has 1 aliphatic rings. The van der Waals surface area contributed by atoms with Crippen LogP contribution in [0.3, 0.4) is 0 Å². The Bertz CT molecular complexity index is 498. The fourth-order valence-electron chi connectivity index (χ4n) is 2.25. The van der Waals surface area contributed by atoms with E-state index in [0.29, 0.717) is 24.5 Å². The minimum atomic E-state index is -4.20. The third kappa shape index (κ3) is 4.32. The standard InChI is InChI=1S/C13H17F3N4O/c1-17-11-8-10(2-3-18-11)12(21)20-6-4-19(5-7-20)9-13(14,15)16/h2-3,8H,4-7,9H2,1H3,(H,17,18). The fraction of sp³-hybridized carbons (Fsp3) is 0.538. The van der Waals surface area contributed by atoms with Crippen LogP contribution in [0.1, 0.15) is 10.4 Å². The van der Waals surface area contributed by atoms with Crippen LogP contribution in [-0.2, 0) is 0 Å². The lowest BCUT2D eigenvalue weighted by Crippen LogP contribution is -2.50. The predicted molar refractivity (Wildman–Crippen MR) is 72.2 cm³/mol. The molecule has 0 aliphatic carbocycles. The number of nitrogens with zero attached hydrogens (tertiary/aromatic N) is 3. The van der Waals surface area contributed by atoms with Gasteiger partial charge in [0.2, 0.25) is 0 Å². The summed E-state index contributed by atoms with van der Waals surface area (Å²) in [4.78, 5) is 19.2. The Labute approximate surface area is 120 Å². The summed E-state index contributed by atoms with van der Waals surface area (Å²) < 4.78 is 36.9. The number of pyridine rings is 1. The van der Waals surface area contributed by atoms with Gasteiger partial charge in [-0.05, 0) is 12.1 Å². The van der Waals surface area contributed by atoms with E-state index in [1.54, 1.807) is 24.1 Å². The molecule has 0 unspecified atom stereocenters. The van der Waals surface area contributed by atoms with Crippen LogP contribution in [-0.4, -0.2) is 66.6 Å². The van der Waals surface area contributed by atoms with Gasteiger partial charge >= 0.3 is 6.18 Å². The van der Waals surface area contributed by atoms with Gasteiger partial charge in [-0.2, -0.15) is 13.2 Å². The molecule has 1 N–H and O–H groups in total. The quantitative estimate of drug-likeness (QED) is 0.918. The number of piperazine rings is 1. The highest BCUT2D eigenvalue weighted by molar-refractivity contribution is 5.94. The van der Waals surface area contributed by atoms with Gasteiger partial charge in [-0.15, -0.1) is 0 Å². The molecule has 1 amide bonds. The van der Waals surface area contributed by atoms with Crippen molar-refractivity contribution in [2.45, 2.75) is 6.18 Å². The van der Waals surface area contributed by atoms with Crippen LogP contribution in [0.2, 0.25) is 0 Å². The van der Waals surface area contributed by atoms with Crippen LogP contribution in [0.5, 0.6) is 0 Å². The molecule has 21 heavy (non-hydrogen) atoms. The van der Waals surface area contributed by atoms with Gasteiger partial charge in [0.1, 0.15) is 5.82 Å². The number of carbonyl (C=O) groups is 1. The molecule has 1 aromatic rings. The second kappa shape index (κ2) is 6.30. The molecule has 2 rings (SSSR count). The summed E-state index contributed by atoms with van der Waals surface area (Å²) >= 11 is 0. The molecule has 1 aromatic heterocycles. The van der Waals surface area contributed by atoms with E-state index in [-0.39, 0.29) is 19.0 Å². The van der Waals surface area contributed by atoms with Crippen LogP contribution in [0.15, 0.2) is 18.3 Å². The van der Waals surface area contributed by atoms with E-state index >= 15 is 0 Å². The van der Waals surface area contributed by atoms with E-state index in [1.165, 1.54) is 11.1 Å². The average molecular weight is 302 g/mol. The summed E-state index contributed by atoms with van der Waals surface area (Å²) in [6, 6.07) is 3.23. The third-order valence-corrected chi connectivity index (χ3v) is 3.33. The number of hydrogen-bond acceptors (Lipinski definition) is 4. The number of amides is 1. The van der Waals surface area contributed by atoms with Gasteiger partial charge in [-0.1, -0.05) is 0 Å². The molecule has 116 valence electrons. The monoisotopic (exact) mass is 302 g/mol. The first-order chi connectivity index (χ1) is 9.89. The van der Waals surface area contributed by atoms with E-state index in [9.17, 15) is 18.0 Å². The van der Waals surface area contributed by atoms with E-state index in [0.717, 1.165) is 0 Å². The summed E-state index contributed by atoms with van der Waals surface area (Å²) in [5, 5.41) is 2.84. The van der Waals surface area contributed by atoms with Gasteiger partial charge < -0.3 is 10.2 Å². The van der Waals surface area contributed by atoms with Crippen LogP contribution in [0.4, 0.5) is 19.0 Å². The number of anilines is 1. The molecular formula is C13H17F3N4O. The molecule has 0 atom stereocenters. The molecule has 1 fully saturated rings. The van der Waals surface area contributed by atoms with Crippen molar-refractivity contribution in [2.24, 2.45) is 0 Å². The molecule has 1 aliphatic heterocycles. The third-order valence-electron chi connectivity index (χ3n) is 3.33. The molecule has 0 aromatic carbocycles. The lowest BCUT2D eigenvalue weighted by Gasteiger charge is -2.35. The Balaban J connectivity index is 1.94. The molecule has 0 saturated carbocycles. The van der Waals surface area contributed by atoms with Crippen molar-refractivity contribution in [3.05, 3.63) is 23.9 Å². The first-order valence-electron chi connectivity index (χ1n) is 6.61. The van der Waals surface area contributed by atoms with Crippen LogP contribution < -0.4 is 5.32 Å². The second-order valence-corrected chi connectivity index (χ2v) is 4.86. The first kappa shape index (κ1) is 15.6. The van der Waals surface area contributed by atoms with Crippen molar-refractivity contribution >= 4 is 11.7 Å². The van der Waals surface area contributed by atoms with Crippen molar-refractivity contribution in [3.63, 3.8) is 0 Å². The van der Waals surface area contributed by atoms with E-state index in [4.69, 9.17) is 0 Å². The number of hydrogen-bond donors (Lipinski definition) is 1. The second-order valence-electron chi connectivity index (χ2n) is 4.86. The Morgan fingerprint density at radius 2 is 2.00 bits per heavy atom. The van der Waals surface area contributed by atoms with E-state index in [1.807, 2.05) is 0 Å². The Hall–Kier alpha value is -1.83. The number of alkyl halides is 3. The molecule has 5 nitrogen and oxygen atoms in total. The minimum Gasteiger partial charge on any atom is -0.373 e. The maximum atomic E-state index is 12.3. The topological polar surface area (TPSA) is 48.5 Å². The normalized spacial score (nSPS) is 16.9. The van der Waals surface area contributed by atoms with Crippen molar-refractivity contribution in [2.75, 3.05) is 45.1 Å². The summed E-state index contributed by atoms with van der Waals surface area (Å²) in [6.07, 6.45) is -2.67. The zero-order chi connectivity index (χ0) is 15.5. The lowest BCUT2D eigenvalue weighted by atomic mass is 10.2. The highest BCUT2D eigenvalue weighted by atomic mass is 19.4. The molecule has 0 radical (unpaired) electrons. The predicted octanol–water partition coefficient (Wildman–Crippen LogP) is 1.44. The number of nitrogens with one attached hydrogen (secondary N) is 1. The van der Waals surface area contributed by atoms with E-state index in [2.05, 4.69) is 10.3 Å². The first-order valence-corrected chi connectivity index (χ1v) is 6.61. The number of halogens is 3. The summed E-state index contributed by atoms with van der Waals surface area (Å²) in [5.74, 6) is 0.400. The van der Waals surface area contributed by atoms with Crippen molar-refractivity contribution in [1.29, 1.82) is 0 Å². The Kier molecular flexibility index (Phi) is 4.66. The summed E-state index contributed by atoms with van der Waals surface area (Å²) in [7, 11) is 1.70. The Morgan fingerprint density at radius 1 is 1.33 bits per heavy atom. The lowest BCUT2D eigenvalue weighted by molar-refractivity contribution is -0.148. The van der Waals surface area contributed by atoms with Crippen molar-refractivity contribution in [3.8, 4) is 0 Å². The largest absolute Gasteiger partial charge is 0.401 e. The zero-order valence-corrected chi connectivity index (χ0v) is 11.7. The van der Waals surface area contributed by atoms with Crippen molar-refractivity contribution < 1.29 is 18.0 Å². The van der Waals surface area contributed by atoms with E-state index < -0.39 is 12.7 Å². The number of rotatable bonds is 3. The van der Waals surface area contributed by atoms with Gasteiger partial charge in [0.15, 0.2) is 0 Å². The van der Waals surface area contributed by atoms with Crippen LogP contribution in [0, 0.1) is 0 Å². The van der Waals surface area contributed by atoms with Crippen LogP contribution in [0.25, 0.3) is 0 Å². The highest BCUT2D eigenvalue weighted by Crippen LogP contribution is 2.18. The maximum absolute atomic E-state index is 12.3. The highest BCUT2D eigenvalue weighted by Gasteiger charge is 2.32. The fourth-order valence-corrected chi connectivity index (χ4v) is 2.25. The molecule has 8 heteroatoms. The molecular weight excluding hydrogens is 285 g/mol. The van der Waals surface area contributed by atoms with Crippen LogP contribution >= 0.6 is 0 Å². The minimum absolute atomic E-state index is 0.180. The average Bonchev–Trinajstić information content (AvgIpc) is 2.46. The Morgan fingerprint density at radius 3 is 2.57 bits per heavy atom. The zero-order valence-electron chi connectivity index (χ0n) is 11.7. The molecule has 1 saturated heterocycles. The smallest absolute Gasteiger partial charge is 0.373 e. The van der Waals surface area contributed by atoms with Gasteiger partial charge in [-0.3, -0.25) is 9.69 Å². The van der Waals surface area contributed by atoms with Gasteiger partial charge in [0.05, 0.1) is 6.54 Å². The van der Waals surface area contributed by atoms with Gasteiger partial charge in [0, 0.05) is 45.0 Å². The van der Waals surface area contributed by atoms with Crippen molar-refractivity contribution in [1.82, 2.24) is 14.8 Å². The molecule has 2 heterocycles. The number of aromatic nitrogens is 1. The SMILES string of the molecule is CNc1cc(C(=O)N2CCN(CC(F)(F)F)CC2)ccn1.